The lowest BCUT2D eigenvalue weighted by Crippen LogP contribution is -2.09. The fourth-order valence-corrected chi connectivity index (χ4v) is 1.77. The Morgan fingerprint density at radius 3 is 2.69 bits per heavy atom. The van der Waals surface area contributed by atoms with Crippen LogP contribution in [0.25, 0.3) is 0 Å². The number of anilines is 2. The first-order chi connectivity index (χ1) is 7.66. The Morgan fingerprint density at radius 1 is 1.19 bits per heavy atom. The topological polar surface area (TPSA) is 16.1 Å². The molecule has 0 atom stereocenters. The summed E-state index contributed by atoms with van der Waals surface area (Å²) in [5, 5.41) is 0. The smallest absolute Gasteiger partial charge is 0.125 e. The molecule has 16 heavy (non-hydrogen) atoms. The molecular formula is C12H10BrFN2. The van der Waals surface area contributed by atoms with Gasteiger partial charge < -0.3 is 4.90 Å². The second-order valence-corrected chi connectivity index (χ2v) is 4.32. The lowest BCUT2D eigenvalue weighted by atomic mass is 10.2. The Bertz CT molecular complexity index is 456. The number of pyridine rings is 1. The molecule has 0 fully saturated rings. The summed E-state index contributed by atoms with van der Waals surface area (Å²) in [5.74, 6) is -0.243. The molecule has 1 heterocycles. The van der Waals surface area contributed by atoms with Crippen LogP contribution in [0.1, 0.15) is 0 Å². The van der Waals surface area contributed by atoms with Crippen LogP contribution in [-0.2, 0) is 0 Å². The van der Waals surface area contributed by atoms with Crippen LogP contribution in [-0.4, -0.2) is 12.0 Å². The van der Waals surface area contributed by atoms with E-state index in [0.29, 0.717) is 0 Å². The van der Waals surface area contributed by atoms with E-state index >= 15 is 0 Å². The van der Waals surface area contributed by atoms with Crippen LogP contribution in [0.3, 0.4) is 0 Å². The standard InChI is InChI=1S/C12H10BrFN2/c1-16(11-4-2-3-10(14)6-11)12-5-9(13)7-15-8-12/h2-8H,1H3. The summed E-state index contributed by atoms with van der Waals surface area (Å²) in [6.45, 7) is 0. The predicted molar refractivity (Wildman–Crippen MR) is 66.4 cm³/mol. The van der Waals surface area contributed by atoms with Gasteiger partial charge in [0.25, 0.3) is 0 Å². The minimum absolute atomic E-state index is 0.243. The van der Waals surface area contributed by atoms with Crippen molar-refractivity contribution in [2.45, 2.75) is 0 Å². The van der Waals surface area contributed by atoms with Crippen molar-refractivity contribution in [2.24, 2.45) is 0 Å². The van der Waals surface area contributed by atoms with Gasteiger partial charge in [-0.3, -0.25) is 4.98 Å². The molecule has 0 unspecified atom stereocenters. The molecule has 0 amide bonds. The summed E-state index contributed by atoms with van der Waals surface area (Å²) in [4.78, 5) is 5.95. The Hall–Kier alpha value is -1.42. The lowest BCUT2D eigenvalue weighted by Gasteiger charge is -2.19. The number of benzene rings is 1. The van der Waals surface area contributed by atoms with Crippen LogP contribution in [0.2, 0.25) is 0 Å². The molecule has 0 radical (unpaired) electrons. The van der Waals surface area contributed by atoms with Crippen LogP contribution >= 0.6 is 15.9 Å². The predicted octanol–water partition coefficient (Wildman–Crippen LogP) is 3.75. The number of nitrogens with zero attached hydrogens (tertiary/aromatic N) is 2. The minimum atomic E-state index is -0.243. The highest BCUT2D eigenvalue weighted by Crippen LogP contribution is 2.25. The van der Waals surface area contributed by atoms with Crippen molar-refractivity contribution >= 4 is 27.3 Å². The molecule has 82 valence electrons. The second kappa shape index (κ2) is 4.61. The third kappa shape index (κ3) is 2.39. The van der Waals surface area contributed by atoms with E-state index in [-0.39, 0.29) is 5.82 Å². The van der Waals surface area contributed by atoms with Gasteiger partial charge in [-0.25, -0.2) is 4.39 Å². The molecule has 0 bridgehead atoms. The molecule has 0 aliphatic rings. The Labute approximate surface area is 102 Å². The van der Waals surface area contributed by atoms with Gasteiger partial charge >= 0.3 is 0 Å². The van der Waals surface area contributed by atoms with Gasteiger partial charge in [-0.1, -0.05) is 6.07 Å². The summed E-state index contributed by atoms with van der Waals surface area (Å²) in [6.07, 6.45) is 3.44. The summed E-state index contributed by atoms with van der Waals surface area (Å²) in [6, 6.07) is 8.38. The van der Waals surface area contributed by atoms with Gasteiger partial charge in [-0.15, -0.1) is 0 Å². The zero-order valence-corrected chi connectivity index (χ0v) is 10.3. The van der Waals surface area contributed by atoms with Gasteiger partial charge in [-0.05, 0) is 40.2 Å². The second-order valence-electron chi connectivity index (χ2n) is 3.40. The molecule has 0 aliphatic carbocycles. The van der Waals surface area contributed by atoms with E-state index in [1.807, 2.05) is 24.1 Å². The van der Waals surface area contributed by atoms with E-state index in [0.717, 1.165) is 15.8 Å². The molecule has 1 aromatic carbocycles. The van der Waals surface area contributed by atoms with Crippen molar-refractivity contribution in [1.29, 1.82) is 0 Å². The first-order valence-electron chi connectivity index (χ1n) is 4.76. The van der Waals surface area contributed by atoms with Crippen molar-refractivity contribution in [2.75, 3.05) is 11.9 Å². The number of hydrogen-bond donors (Lipinski definition) is 0. The third-order valence-electron chi connectivity index (χ3n) is 2.27. The SMILES string of the molecule is CN(c1cccc(F)c1)c1cncc(Br)c1. The maximum atomic E-state index is 13.1. The van der Waals surface area contributed by atoms with Crippen molar-refractivity contribution in [3.8, 4) is 0 Å². The molecular weight excluding hydrogens is 271 g/mol. The fraction of sp³-hybridized carbons (Fsp3) is 0.0833. The molecule has 0 spiro atoms. The van der Waals surface area contributed by atoms with Crippen LogP contribution < -0.4 is 4.90 Å². The molecule has 2 nitrogen and oxygen atoms in total. The normalized spacial score (nSPS) is 10.2. The third-order valence-corrected chi connectivity index (χ3v) is 2.71. The monoisotopic (exact) mass is 280 g/mol. The summed E-state index contributed by atoms with van der Waals surface area (Å²) >= 11 is 3.35. The molecule has 4 heteroatoms. The number of halogens is 2. The number of aromatic nitrogens is 1. The minimum Gasteiger partial charge on any atom is -0.343 e. The zero-order chi connectivity index (χ0) is 11.5. The molecule has 0 N–H and O–H groups in total. The maximum absolute atomic E-state index is 13.1. The fourth-order valence-electron chi connectivity index (χ4n) is 1.42. The molecule has 0 saturated heterocycles. The highest BCUT2D eigenvalue weighted by atomic mass is 79.9. The van der Waals surface area contributed by atoms with Crippen LogP contribution in [0.15, 0.2) is 47.2 Å². The zero-order valence-electron chi connectivity index (χ0n) is 8.69. The van der Waals surface area contributed by atoms with Crippen LogP contribution in [0.4, 0.5) is 15.8 Å². The lowest BCUT2D eigenvalue weighted by molar-refractivity contribution is 0.628. The average molecular weight is 281 g/mol. The Morgan fingerprint density at radius 2 is 2.00 bits per heavy atom. The Kier molecular flexibility index (Phi) is 3.19. The van der Waals surface area contributed by atoms with E-state index in [4.69, 9.17) is 0 Å². The highest BCUT2D eigenvalue weighted by molar-refractivity contribution is 9.10. The molecule has 2 aromatic rings. The summed E-state index contributed by atoms with van der Waals surface area (Å²) < 4.78 is 14.0. The largest absolute Gasteiger partial charge is 0.343 e. The van der Waals surface area contributed by atoms with Gasteiger partial charge in [0.2, 0.25) is 0 Å². The van der Waals surface area contributed by atoms with Gasteiger partial charge in [0.15, 0.2) is 0 Å². The highest BCUT2D eigenvalue weighted by Gasteiger charge is 2.05. The number of rotatable bonds is 2. The van der Waals surface area contributed by atoms with E-state index in [9.17, 15) is 4.39 Å². The van der Waals surface area contributed by atoms with Crippen LogP contribution in [0.5, 0.6) is 0 Å². The van der Waals surface area contributed by atoms with Crippen molar-refractivity contribution in [1.82, 2.24) is 4.98 Å². The first kappa shape index (κ1) is 11.1. The van der Waals surface area contributed by atoms with E-state index in [1.165, 1.54) is 12.1 Å². The first-order valence-corrected chi connectivity index (χ1v) is 5.56. The van der Waals surface area contributed by atoms with Gasteiger partial charge in [0, 0.05) is 23.4 Å². The molecule has 1 aromatic heterocycles. The quantitative estimate of drug-likeness (QED) is 0.833. The Balaban J connectivity index is 2.35. The maximum Gasteiger partial charge on any atom is 0.125 e. The average Bonchev–Trinajstić information content (AvgIpc) is 2.28. The molecule has 0 aliphatic heterocycles. The molecule has 2 rings (SSSR count). The van der Waals surface area contributed by atoms with Gasteiger partial charge in [0.05, 0.1) is 11.9 Å². The molecule has 0 saturated carbocycles. The summed E-state index contributed by atoms with van der Waals surface area (Å²) in [7, 11) is 1.87. The van der Waals surface area contributed by atoms with Crippen molar-refractivity contribution in [3.05, 3.63) is 53.0 Å². The van der Waals surface area contributed by atoms with E-state index in [1.54, 1.807) is 18.5 Å². The van der Waals surface area contributed by atoms with E-state index in [2.05, 4.69) is 20.9 Å². The van der Waals surface area contributed by atoms with Gasteiger partial charge in [0.1, 0.15) is 5.82 Å². The van der Waals surface area contributed by atoms with E-state index < -0.39 is 0 Å². The van der Waals surface area contributed by atoms with Crippen molar-refractivity contribution in [3.63, 3.8) is 0 Å². The summed E-state index contributed by atoms with van der Waals surface area (Å²) in [5.41, 5.74) is 1.69. The number of hydrogen-bond acceptors (Lipinski definition) is 2. The van der Waals surface area contributed by atoms with Crippen LogP contribution in [0, 0.1) is 5.82 Å². The van der Waals surface area contributed by atoms with Gasteiger partial charge in [-0.2, -0.15) is 0 Å². The van der Waals surface area contributed by atoms with Crippen molar-refractivity contribution < 1.29 is 4.39 Å².